The van der Waals surface area contributed by atoms with Crippen molar-refractivity contribution in [3.05, 3.63) is 41.7 Å². The van der Waals surface area contributed by atoms with E-state index in [9.17, 15) is 9.18 Å². The highest BCUT2D eigenvalue weighted by Crippen LogP contribution is 2.24. The summed E-state index contributed by atoms with van der Waals surface area (Å²) >= 11 is 0. The van der Waals surface area contributed by atoms with Crippen molar-refractivity contribution in [1.82, 2.24) is 4.90 Å². The number of benzene rings is 1. The lowest BCUT2D eigenvalue weighted by molar-refractivity contribution is 0.150. The Morgan fingerprint density at radius 1 is 1.38 bits per heavy atom. The maximum absolute atomic E-state index is 13.5. The smallest absolute Gasteiger partial charge is 0.407 e. The molecule has 1 aliphatic heterocycles. The normalized spacial score (nSPS) is 15.8. The van der Waals surface area contributed by atoms with Gasteiger partial charge in [0.25, 0.3) is 0 Å². The molecule has 1 N–H and O–H groups in total. The van der Waals surface area contributed by atoms with E-state index in [1.807, 2.05) is 0 Å². The highest BCUT2D eigenvalue weighted by Gasteiger charge is 2.17. The molecule has 0 saturated carbocycles. The molecule has 1 aromatic carbocycles. The highest BCUT2D eigenvalue weighted by atomic mass is 19.1. The molecule has 0 atom stereocenters. The first-order valence-corrected chi connectivity index (χ1v) is 5.10. The lowest BCUT2D eigenvalue weighted by Crippen LogP contribution is -2.33. The fraction of sp³-hybridized carbons (Fsp3) is 0.250. The Kier molecular flexibility index (Phi) is 2.90. The van der Waals surface area contributed by atoms with Crippen molar-refractivity contribution in [2.45, 2.75) is 6.42 Å². The van der Waals surface area contributed by atoms with Crippen LogP contribution in [-0.4, -0.2) is 29.2 Å². The van der Waals surface area contributed by atoms with Gasteiger partial charge in [-0.15, -0.1) is 0 Å². The van der Waals surface area contributed by atoms with Crippen LogP contribution in [0.3, 0.4) is 0 Å². The van der Waals surface area contributed by atoms with E-state index in [0.717, 1.165) is 5.57 Å². The molecule has 1 aliphatic rings. The summed E-state index contributed by atoms with van der Waals surface area (Å²) in [6.45, 7) is 0.758. The second kappa shape index (κ2) is 4.35. The van der Waals surface area contributed by atoms with Crippen molar-refractivity contribution < 1.29 is 14.3 Å². The van der Waals surface area contributed by atoms with Crippen LogP contribution in [0.25, 0.3) is 5.57 Å². The van der Waals surface area contributed by atoms with Crippen LogP contribution in [0.4, 0.5) is 9.18 Å². The van der Waals surface area contributed by atoms with Crippen LogP contribution in [0.2, 0.25) is 0 Å². The van der Waals surface area contributed by atoms with Crippen molar-refractivity contribution in [2.75, 3.05) is 13.1 Å². The number of carboxylic acid groups (broad SMARTS) is 1. The number of halogens is 1. The van der Waals surface area contributed by atoms with E-state index in [0.29, 0.717) is 25.1 Å². The van der Waals surface area contributed by atoms with E-state index in [1.54, 1.807) is 24.3 Å². The topological polar surface area (TPSA) is 40.5 Å². The molecule has 0 aromatic heterocycles. The fourth-order valence-corrected chi connectivity index (χ4v) is 1.81. The number of amides is 1. The largest absolute Gasteiger partial charge is 0.465 e. The zero-order chi connectivity index (χ0) is 11.5. The summed E-state index contributed by atoms with van der Waals surface area (Å²) in [5, 5.41) is 8.77. The first-order chi connectivity index (χ1) is 7.68. The molecule has 2 rings (SSSR count). The number of nitrogens with zero attached hydrogens (tertiary/aromatic N) is 1. The molecule has 3 nitrogen and oxygen atoms in total. The maximum atomic E-state index is 13.5. The molecule has 0 aliphatic carbocycles. The minimum atomic E-state index is -0.927. The van der Waals surface area contributed by atoms with Crippen LogP contribution in [0, 0.1) is 5.82 Å². The van der Waals surface area contributed by atoms with Gasteiger partial charge in [0.15, 0.2) is 0 Å². The lowest BCUT2D eigenvalue weighted by Gasteiger charge is -2.23. The number of rotatable bonds is 1. The fourth-order valence-electron chi connectivity index (χ4n) is 1.81. The Morgan fingerprint density at radius 3 is 2.69 bits per heavy atom. The van der Waals surface area contributed by atoms with Crippen molar-refractivity contribution in [1.29, 1.82) is 0 Å². The molecule has 0 saturated heterocycles. The van der Waals surface area contributed by atoms with Crippen LogP contribution in [0.5, 0.6) is 0 Å². The van der Waals surface area contributed by atoms with Gasteiger partial charge in [0.1, 0.15) is 5.82 Å². The van der Waals surface area contributed by atoms with E-state index in [4.69, 9.17) is 5.11 Å². The van der Waals surface area contributed by atoms with Gasteiger partial charge in [0.05, 0.1) is 0 Å². The molecule has 0 radical (unpaired) electrons. The van der Waals surface area contributed by atoms with Crippen LogP contribution < -0.4 is 0 Å². The summed E-state index contributed by atoms with van der Waals surface area (Å²) in [6.07, 6.45) is 1.41. The van der Waals surface area contributed by atoms with Gasteiger partial charge in [-0.25, -0.2) is 9.18 Å². The van der Waals surface area contributed by atoms with E-state index in [2.05, 4.69) is 0 Å². The quantitative estimate of drug-likeness (QED) is 0.791. The number of hydrogen-bond acceptors (Lipinski definition) is 1. The predicted octanol–water partition coefficient (Wildman–Crippen LogP) is 2.59. The SMILES string of the molecule is O=C(O)N1CC=C(c2ccccc2F)CC1. The molecular formula is C12H12FNO2. The minimum Gasteiger partial charge on any atom is -0.465 e. The van der Waals surface area contributed by atoms with Crippen LogP contribution >= 0.6 is 0 Å². The minimum absolute atomic E-state index is 0.252. The molecular weight excluding hydrogens is 209 g/mol. The molecule has 0 unspecified atom stereocenters. The van der Waals surface area contributed by atoms with E-state index in [-0.39, 0.29) is 5.82 Å². The van der Waals surface area contributed by atoms with Gasteiger partial charge < -0.3 is 10.0 Å². The van der Waals surface area contributed by atoms with Gasteiger partial charge in [-0.05, 0) is 18.1 Å². The van der Waals surface area contributed by atoms with E-state index in [1.165, 1.54) is 11.0 Å². The molecule has 0 fully saturated rings. The molecule has 84 valence electrons. The van der Waals surface area contributed by atoms with Crippen molar-refractivity contribution in [3.8, 4) is 0 Å². The molecule has 16 heavy (non-hydrogen) atoms. The summed E-state index contributed by atoms with van der Waals surface area (Å²) in [5.74, 6) is -0.252. The van der Waals surface area contributed by atoms with E-state index >= 15 is 0 Å². The van der Waals surface area contributed by atoms with Crippen LogP contribution in [-0.2, 0) is 0 Å². The van der Waals surface area contributed by atoms with Crippen molar-refractivity contribution in [3.63, 3.8) is 0 Å². The number of hydrogen-bond donors (Lipinski definition) is 1. The first kappa shape index (κ1) is 10.7. The monoisotopic (exact) mass is 221 g/mol. The second-order valence-electron chi connectivity index (χ2n) is 3.69. The Hall–Kier alpha value is -1.84. The summed E-state index contributed by atoms with van der Waals surface area (Å²) in [6, 6.07) is 6.56. The standard InChI is InChI=1S/C12H12FNO2/c13-11-4-2-1-3-10(11)9-5-7-14(8-6-9)12(15)16/h1-5H,6-8H2,(H,15,16). The summed E-state index contributed by atoms with van der Waals surface area (Å²) in [7, 11) is 0. The van der Waals surface area contributed by atoms with Gasteiger partial charge >= 0.3 is 6.09 Å². The molecule has 0 bridgehead atoms. The Balaban J connectivity index is 2.19. The molecule has 1 amide bonds. The van der Waals surface area contributed by atoms with Crippen molar-refractivity contribution >= 4 is 11.7 Å². The number of carbonyl (C=O) groups is 1. The molecule has 4 heteroatoms. The maximum Gasteiger partial charge on any atom is 0.407 e. The third-order valence-electron chi connectivity index (χ3n) is 2.70. The van der Waals surface area contributed by atoms with Gasteiger partial charge in [0.2, 0.25) is 0 Å². The highest BCUT2D eigenvalue weighted by molar-refractivity contribution is 5.71. The summed E-state index contributed by atoms with van der Waals surface area (Å²) < 4.78 is 13.5. The summed E-state index contributed by atoms with van der Waals surface area (Å²) in [5.41, 5.74) is 1.46. The molecule has 0 spiro atoms. The average Bonchev–Trinajstić information content (AvgIpc) is 2.30. The summed E-state index contributed by atoms with van der Waals surface area (Å²) in [4.78, 5) is 12.0. The van der Waals surface area contributed by atoms with Gasteiger partial charge in [-0.1, -0.05) is 24.3 Å². The van der Waals surface area contributed by atoms with Gasteiger partial charge in [-0.3, -0.25) is 0 Å². The molecule has 1 heterocycles. The van der Waals surface area contributed by atoms with Crippen LogP contribution in [0.1, 0.15) is 12.0 Å². The lowest BCUT2D eigenvalue weighted by atomic mass is 9.99. The third-order valence-corrected chi connectivity index (χ3v) is 2.70. The Morgan fingerprint density at radius 2 is 2.12 bits per heavy atom. The average molecular weight is 221 g/mol. The first-order valence-electron chi connectivity index (χ1n) is 5.10. The van der Waals surface area contributed by atoms with Crippen LogP contribution in [0.15, 0.2) is 30.3 Å². The second-order valence-corrected chi connectivity index (χ2v) is 3.69. The zero-order valence-corrected chi connectivity index (χ0v) is 8.69. The molecule has 1 aromatic rings. The Bertz CT molecular complexity index is 442. The Labute approximate surface area is 92.8 Å². The van der Waals surface area contributed by atoms with E-state index < -0.39 is 6.09 Å². The van der Waals surface area contributed by atoms with Gasteiger partial charge in [-0.2, -0.15) is 0 Å². The van der Waals surface area contributed by atoms with Crippen molar-refractivity contribution in [2.24, 2.45) is 0 Å². The third kappa shape index (κ3) is 2.05. The predicted molar refractivity (Wildman–Crippen MR) is 58.6 cm³/mol. The van der Waals surface area contributed by atoms with Gasteiger partial charge in [0, 0.05) is 18.7 Å². The zero-order valence-electron chi connectivity index (χ0n) is 8.69.